The van der Waals surface area contributed by atoms with E-state index in [2.05, 4.69) is 15.4 Å². The molecule has 1 fully saturated rings. The highest BCUT2D eigenvalue weighted by atomic mass is 16.3. The number of aromatic nitrogens is 3. The molecule has 2 heterocycles. The Morgan fingerprint density at radius 2 is 2.27 bits per heavy atom. The first-order valence-corrected chi connectivity index (χ1v) is 7.56. The molecule has 0 bridgehead atoms. The van der Waals surface area contributed by atoms with Crippen molar-refractivity contribution in [3.63, 3.8) is 0 Å². The fraction of sp³-hybridized carbons (Fsp3) is 0.438. The quantitative estimate of drug-likeness (QED) is 0.843. The Hall–Kier alpha value is -2.21. The van der Waals surface area contributed by atoms with E-state index >= 15 is 0 Å². The molecule has 116 valence electrons. The zero-order valence-electron chi connectivity index (χ0n) is 12.6. The summed E-state index contributed by atoms with van der Waals surface area (Å²) >= 11 is 0. The van der Waals surface area contributed by atoms with Gasteiger partial charge in [0.1, 0.15) is 0 Å². The van der Waals surface area contributed by atoms with Crippen LogP contribution in [0.1, 0.15) is 35.8 Å². The molecular formula is C16H20N4O2. The van der Waals surface area contributed by atoms with Crippen LogP contribution in [-0.4, -0.2) is 38.9 Å². The summed E-state index contributed by atoms with van der Waals surface area (Å²) in [6.07, 6.45) is 5.91. The number of nitrogens with zero attached hydrogens (tertiary/aromatic N) is 3. The highest BCUT2D eigenvalue weighted by Crippen LogP contribution is 2.44. The van der Waals surface area contributed by atoms with Gasteiger partial charge in [0.2, 0.25) is 0 Å². The summed E-state index contributed by atoms with van der Waals surface area (Å²) in [7, 11) is 0. The lowest BCUT2D eigenvalue weighted by Gasteiger charge is -2.13. The minimum atomic E-state index is -0.140. The van der Waals surface area contributed by atoms with E-state index in [-0.39, 0.29) is 17.9 Å². The van der Waals surface area contributed by atoms with Gasteiger partial charge < -0.3 is 10.4 Å². The van der Waals surface area contributed by atoms with Gasteiger partial charge in [-0.25, -0.2) is 9.67 Å². The Morgan fingerprint density at radius 1 is 1.45 bits per heavy atom. The van der Waals surface area contributed by atoms with Crippen LogP contribution in [-0.2, 0) is 6.42 Å². The second kappa shape index (κ2) is 5.88. The van der Waals surface area contributed by atoms with E-state index in [4.69, 9.17) is 0 Å². The zero-order valence-corrected chi connectivity index (χ0v) is 12.6. The fourth-order valence-electron chi connectivity index (χ4n) is 2.51. The molecule has 2 aromatic heterocycles. The van der Waals surface area contributed by atoms with Crippen LogP contribution >= 0.6 is 0 Å². The summed E-state index contributed by atoms with van der Waals surface area (Å²) in [6.45, 7) is 2.63. The van der Waals surface area contributed by atoms with Crippen molar-refractivity contribution in [2.45, 2.75) is 26.2 Å². The third-order valence-electron chi connectivity index (χ3n) is 4.23. The number of hydrogen-bond donors (Lipinski definition) is 2. The summed E-state index contributed by atoms with van der Waals surface area (Å²) in [4.78, 5) is 16.7. The second-order valence-electron chi connectivity index (χ2n) is 5.80. The normalized spacial score (nSPS) is 15.5. The molecule has 1 aliphatic carbocycles. The number of carbonyl (C=O) groups excluding carboxylic acids is 1. The van der Waals surface area contributed by atoms with E-state index in [0.29, 0.717) is 24.3 Å². The highest BCUT2D eigenvalue weighted by molar-refractivity contribution is 5.95. The minimum Gasteiger partial charge on any atom is -0.396 e. The van der Waals surface area contributed by atoms with Crippen LogP contribution in [0.5, 0.6) is 0 Å². The van der Waals surface area contributed by atoms with E-state index in [9.17, 15) is 9.90 Å². The maximum atomic E-state index is 12.4. The van der Waals surface area contributed by atoms with Crippen LogP contribution < -0.4 is 5.32 Å². The second-order valence-corrected chi connectivity index (χ2v) is 5.80. The molecule has 1 saturated carbocycles. The lowest BCUT2D eigenvalue weighted by Crippen LogP contribution is -2.32. The molecule has 0 aliphatic heterocycles. The first-order chi connectivity index (χ1) is 10.7. The average molecular weight is 300 g/mol. The van der Waals surface area contributed by atoms with Crippen LogP contribution in [0.2, 0.25) is 0 Å². The zero-order chi connectivity index (χ0) is 15.6. The maximum absolute atomic E-state index is 12.4. The van der Waals surface area contributed by atoms with E-state index in [1.165, 1.54) is 0 Å². The van der Waals surface area contributed by atoms with Crippen molar-refractivity contribution >= 4 is 5.91 Å². The number of hydrogen-bond acceptors (Lipinski definition) is 4. The minimum absolute atomic E-state index is 0.0982. The maximum Gasteiger partial charge on any atom is 0.254 e. The smallest absolute Gasteiger partial charge is 0.254 e. The molecule has 6 heteroatoms. The van der Waals surface area contributed by atoms with Gasteiger partial charge in [-0.15, -0.1) is 0 Å². The lowest BCUT2D eigenvalue weighted by molar-refractivity contribution is 0.0934. The molecule has 0 radical (unpaired) electrons. The molecule has 0 saturated heterocycles. The van der Waals surface area contributed by atoms with Crippen LogP contribution in [0.15, 0.2) is 30.6 Å². The number of aliphatic hydroxyl groups is 1. The summed E-state index contributed by atoms with van der Waals surface area (Å²) < 4.78 is 1.70. The first kappa shape index (κ1) is 14.7. The molecule has 2 N–H and O–H groups in total. The summed E-state index contributed by atoms with van der Waals surface area (Å²) in [6, 6.07) is 5.59. The Morgan fingerprint density at radius 3 is 2.86 bits per heavy atom. The monoisotopic (exact) mass is 300 g/mol. The lowest BCUT2D eigenvalue weighted by atomic mass is 10.1. The van der Waals surface area contributed by atoms with Gasteiger partial charge in [-0.05, 0) is 31.4 Å². The molecule has 0 atom stereocenters. The predicted octanol–water partition coefficient (Wildman–Crippen LogP) is 1.33. The summed E-state index contributed by atoms with van der Waals surface area (Å²) in [5, 5.41) is 16.5. The van der Waals surface area contributed by atoms with Crippen molar-refractivity contribution in [3.8, 4) is 5.82 Å². The van der Waals surface area contributed by atoms with Crippen LogP contribution in [0, 0.1) is 5.41 Å². The van der Waals surface area contributed by atoms with Crippen molar-refractivity contribution in [1.82, 2.24) is 20.1 Å². The van der Waals surface area contributed by atoms with E-state index in [0.717, 1.165) is 18.5 Å². The predicted molar refractivity (Wildman–Crippen MR) is 81.8 cm³/mol. The Kier molecular flexibility index (Phi) is 3.94. The van der Waals surface area contributed by atoms with Gasteiger partial charge in [0.15, 0.2) is 5.82 Å². The van der Waals surface area contributed by atoms with Crippen molar-refractivity contribution in [1.29, 1.82) is 0 Å². The third-order valence-corrected chi connectivity index (χ3v) is 4.23. The highest BCUT2D eigenvalue weighted by Gasteiger charge is 2.42. The molecule has 1 aliphatic rings. The van der Waals surface area contributed by atoms with Gasteiger partial charge in [0.05, 0.1) is 24.1 Å². The Bertz CT molecular complexity index is 662. The van der Waals surface area contributed by atoms with E-state index in [1.807, 2.05) is 25.1 Å². The average Bonchev–Trinajstić information content (AvgIpc) is 3.23. The van der Waals surface area contributed by atoms with Crippen molar-refractivity contribution < 1.29 is 9.90 Å². The molecule has 1 amide bonds. The van der Waals surface area contributed by atoms with Gasteiger partial charge in [-0.2, -0.15) is 5.10 Å². The third kappa shape index (κ3) is 2.74. The topological polar surface area (TPSA) is 80.0 Å². The van der Waals surface area contributed by atoms with Gasteiger partial charge >= 0.3 is 0 Å². The molecule has 0 aromatic carbocycles. The number of amides is 1. The number of nitrogens with one attached hydrogen (secondary N) is 1. The first-order valence-electron chi connectivity index (χ1n) is 7.56. The molecule has 22 heavy (non-hydrogen) atoms. The van der Waals surface area contributed by atoms with Crippen molar-refractivity contribution in [3.05, 3.63) is 41.9 Å². The SMILES string of the molecule is CCc1c(C(=O)NCC2(CO)CC2)cnn1-c1ccccn1. The Labute approximate surface area is 129 Å². The van der Waals surface area contributed by atoms with Crippen LogP contribution in [0.4, 0.5) is 0 Å². The van der Waals surface area contributed by atoms with E-state index < -0.39 is 0 Å². The van der Waals surface area contributed by atoms with Crippen LogP contribution in [0.3, 0.4) is 0 Å². The van der Waals surface area contributed by atoms with Crippen molar-refractivity contribution in [2.75, 3.05) is 13.2 Å². The summed E-state index contributed by atoms with van der Waals surface area (Å²) in [5.74, 6) is 0.561. The van der Waals surface area contributed by atoms with Gasteiger partial charge in [0.25, 0.3) is 5.91 Å². The molecule has 0 spiro atoms. The Balaban J connectivity index is 1.79. The van der Waals surface area contributed by atoms with Gasteiger partial charge in [0, 0.05) is 18.2 Å². The summed E-state index contributed by atoms with van der Waals surface area (Å²) in [5.41, 5.74) is 1.31. The van der Waals surface area contributed by atoms with Crippen LogP contribution in [0.25, 0.3) is 5.82 Å². The number of aliphatic hydroxyl groups excluding tert-OH is 1. The molecular weight excluding hydrogens is 280 g/mol. The van der Waals surface area contributed by atoms with Gasteiger partial charge in [-0.1, -0.05) is 13.0 Å². The van der Waals surface area contributed by atoms with Gasteiger partial charge in [-0.3, -0.25) is 4.79 Å². The standard InChI is InChI=1S/C16H20N4O2/c1-2-13-12(15(22)18-10-16(11-21)6-7-16)9-19-20(13)14-5-3-4-8-17-14/h3-5,8-9,21H,2,6-7,10-11H2,1H3,(H,18,22). The number of rotatable bonds is 6. The largest absolute Gasteiger partial charge is 0.396 e. The molecule has 3 rings (SSSR count). The number of pyridine rings is 1. The molecule has 6 nitrogen and oxygen atoms in total. The van der Waals surface area contributed by atoms with E-state index in [1.54, 1.807) is 17.1 Å². The van der Waals surface area contributed by atoms with Crippen molar-refractivity contribution in [2.24, 2.45) is 5.41 Å². The molecule has 0 unspecified atom stereocenters. The molecule has 2 aromatic rings. The fourth-order valence-corrected chi connectivity index (χ4v) is 2.51. The number of carbonyl (C=O) groups is 1.